The van der Waals surface area contributed by atoms with Gasteiger partial charge in [0.2, 0.25) is 10.0 Å². The second kappa shape index (κ2) is 8.23. The van der Waals surface area contributed by atoms with Crippen molar-refractivity contribution in [3.63, 3.8) is 0 Å². The van der Waals surface area contributed by atoms with E-state index in [1.807, 2.05) is 4.57 Å². The average Bonchev–Trinajstić information content (AvgIpc) is 3.01. The number of amides is 1. The van der Waals surface area contributed by atoms with E-state index in [-0.39, 0.29) is 4.90 Å². The number of hydrogen-bond acceptors (Lipinski definition) is 6. The Bertz CT molecular complexity index is 1200. The number of aromatic nitrogens is 1. The summed E-state index contributed by atoms with van der Waals surface area (Å²) in [5.41, 5.74) is 1.08. The lowest BCUT2D eigenvalue weighted by atomic mass is 10.2. The molecule has 0 radical (unpaired) electrons. The van der Waals surface area contributed by atoms with Crippen molar-refractivity contribution in [2.24, 2.45) is 10.1 Å². The van der Waals surface area contributed by atoms with E-state index < -0.39 is 15.9 Å². The average molecular weight is 422 g/mol. The van der Waals surface area contributed by atoms with E-state index in [9.17, 15) is 13.2 Å². The fourth-order valence-electron chi connectivity index (χ4n) is 2.68. The minimum atomic E-state index is -3.83. The number of para-hydroxylation sites is 1. The fourth-order valence-corrected chi connectivity index (χ4v) is 4.39. The highest BCUT2D eigenvalue weighted by Gasteiger charge is 2.15. The number of fused-ring (bicyclic) bond motifs is 1. The summed E-state index contributed by atoms with van der Waals surface area (Å²) >= 11 is 1.20. The molecule has 3 rings (SSSR count). The molecule has 0 bridgehead atoms. The molecule has 28 heavy (non-hydrogen) atoms. The third-order valence-electron chi connectivity index (χ3n) is 4.04. The first-order valence-corrected chi connectivity index (χ1v) is 10.6. The van der Waals surface area contributed by atoms with E-state index >= 15 is 0 Å². The summed E-state index contributed by atoms with van der Waals surface area (Å²) in [5.74, 6) is -0.0286. The number of carbonyl (C=O) groups is 1. The zero-order chi connectivity index (χ0) is 20.3. The zero-order valence-corrected chi connectivity index (χ0v) is 16.9. The first-order valence-electron chi connectivity index (χ1n) is 8.22. The highest BCUT2D eigenvalue weighted by molar-refractivity contribution is 7.89. The molecule has 1 heterocycles. The molecule has 3 aromatic rings. The van der Waals surface area contributed by atoms with Crippen LogP contribution in [0.2, 0.25) is 0 Å². The van der Waals surface area contributed by atoms with Gasteiger partial charge in [0.15, 0.2) is 4.80 Å². The maximum atomic E-state index is 12.7. The molecule has 148 valence electrons. The molecule has 0 fully saturated rings. The maximum absolute atomic E-state index is 12.7. The Kier molecular flexibility index (Phi) is 5.94. The second-order valence-electron chi connectivity index (χ2n) is 5.82. The first-order chi connectivity index (χ1) is 13.3. The van der Waals surface area contributed by atoms with Gasteiger partial charge in [-0.15, -0.1) is 0 Å². The van der Waals surface area contributed by atoms with E-state index in [0.29, 0.717) is 34.0 Å². The van der Waals surface area contributed by atoms with Gasteiger partial charge in [0.1, 0.15) is 5.75 Å². The first kappa shape index (κ1) is 20.2. The predicted molar refractivity (Wildman–Crippen MR) is 106 cm³/mol. The Balaban J connectivity index is 2.17. The van der Waals surface area contributed by atoms with Gasteiger partial charge in [-0.3, -0.25) is 4.79 Å². The van der Waals surface area contributed by atoms with Crippen LogP contribution < -0.4 is 14.7 Å². The van der Waals surface area contributed by atoms with Crippen molar-refractivity contribution in [1.82, 2.24) is 4.57 Å². The lowest BCUT2D eigenvalue weighted by molar-refractivity contribution is 0.0994. The molecule has 2 N–H and O–H groups in total. The second-order valence-corrected chi connectivity index (χ2v) is 8.39. The minimum Gasteiger partial charge on any atom is -0.496 e. The molecule has 8 nitrogen and oxygen atoms in total. The largest absolute Gasteiger partial charge is 0.496 e. The Labute approximate surface area is 165 Å². The lowest BCUT2D eigenvalue weighted by Gasteiger charge is -2.06. The molecule has 0 unspecified atom stereocenters. The third-order valence-corrected chi connectivity index (χ3v) is 5.99. The number of benzene rings is 2. The molecule has 0 aliphatic heterocycles. The van der Waals surface area contributed by atoms with E-state index in [4.69, 9.17) is 14.6 Å². The Hall–Kier alpha value is -2.53. The summed E-state index contributed by atoms with van der Waals surface area (Å²) in [5, 5.41) is 5.22. The standard InChI is InChI=1S/C18H19N3O5S2/c1-25-10-9-21-14-8-7-12(28(19,23)24)11-16(14)27-18(21)20-17(22)13-5-3-4-6-15(13)26-2/h3-8,11H,9-10H2,1-2H3,(H2,19,23,24). The van der Waals surface area contributed by atoms with Crippen molar-refractivity contribution in [1.29, 1.82) is 0 Å². The summed E-state index contributed by atoms with van der Waals surface area (Å²) in [6.45, 7) is 0.849. The Morgan fingerprint density at radius 1 is 1.21 bits per heavy atom. The van der Waals surface area contributed by atoms with Crippen LogP contribution in [0, 0.1) is 0 Å². The van der Waals surface area contributed by atoms with Gasteiger partial charge in [0.25, 0.3) is 5.91 Å². The van der Waals surface area contributed by atoms with E-state index in [2.05, 4.69) is 4.99 Å². The smallest absolute Gasteiger partial charge is 0.283 e. The number of carbonyl (C=O) groups excluding carboxylic acids is 1. The summed E-state index contributed by atoms with van der Waals surface area (Å²) in [4.78, 5) is 17.4. The molecule has 10 heteroatoms. The fraction of sp³-hybridized carbons (Fsp3) is 0.222. The minimum absolute atomic E-state index is 0.00254. The molecule has 0 saturated heterocycles. The number of nitrogens with zero attached hydrogens (tertiary/aromatic N) is 2. The number of sulfonamides is 1. The van der Waals surface area contributed by atoms with Crippen molar-refractivity contribution < 1.29 is 22.7 Å². The van der Waals surface area contributed by atoms with Crippen molar-refractivity contribution in [2.45, 2.75) is 11.4 Å². The van der Waals surface area contributed by atoms with Gasteiger partial charge < -0.3 is 14.0 Å². The van der Waals surface area contributed by atoms with Gasteiger partial charge in [-0.05, 0) is 30.3 Å². The molecular weight excluding hydrogens is 402 g/mol. The van der Waals surface area contributed by atoms with Crippen LogP contribution in [-0.2, 0) is 21.3 Å². The monoisotopic (exact) mass is 421 g/mol. The van der Waals surface area contributed by atoms with Crippen LogP contribution >= 0.6 is 11.3 Å². The summed E-state index contributed by atoms with van der Waals surface area (Å²) in [6.07, 6.45) is 0. The Morgan fingerprint density at radius 2 is 1.96 bits per heavy atom. The molecule has 2 aromatic carbocycles. The van der Waals surface area contributed by atoms with E-state index in [0.717, 1.165) is 5.52 Å². The molecule has 0 atom stereocenters. The van der Waals surface area contributed by atoms with Crippen LogP contribution in [0.1, 0.15) is 10.4 Å². The number of hydrogen-bond donors (Lipinski definition) is 1. The third kappa shape index (κ3) is 4.14. The van der Waals surface area contributed by atoms with Crippen molar-refractivity contribution in [2.75, 3.05) is 20.8 Å². The number of rotatable bonds is 6. The summed E-state index contributed by atoms with van der Waals surface area (Å²) in [6, 6.07) is 11.4. The van der Waals surface area contributed by atoms with Crippen LogP contribution in [0.4, 0.5) is 0 Å². The molecule has 0 spiro atoms. The van der Waals surface area contributed by atoms with Crippen molar-refractivity contribution >= 4 is 37.5 Å². The quantitative estimate of drug-likeness (QED) is 0.651. The van der Waals surface area contributed by atoms with Crippen molar-refractivity contribution in [3.05, 3.63) is 52.8 Å². The number of nitrogens with two attached hydrogens (primary N) is 1. The normalized spacial score (nSPS) is 12.5. The van der Waals surface area contributed by atoms with Crippen LogP contribution in [0.5, 0.6) is 5.75 Å². The van der Waals surface area contributed by atoms with Gasteiger partial charge in [-0.1, -0.05) is 23.5 Å². The van der Waals surface area contributed by atoms with Gasteiger partial charge in [-0.2, -0.15) is 4.99 Å². The van der Waals surface area contributed by atoms with Crippen LogP contribution in [-0.4, -0.2) is 39.7 Å². The summed E-state index contributed by atoms with van der Waals surface area (Å²) < 4.78 is 36.1. The zero-order valence-electron chi connectivity index (χ0n) is 15.3. The van der Waals surface area contributed by atoms with Crippen LogP contribution in [0.15, 0.2) is 52.4 Å². The van der Waals surface area contributed by atoms with Crippen LogP contribution in [0.3, 0.4) is 0 Å². The molecular formula is C18H19N3O5S2. The molecule has 1 aromatic heterocycles. The SMILES string of the molecule is COCCn1c(=NC(=O)c2ccccc2OC)sc2cc(S(N)(=O)=O)ccc21. The molecule has 0 aliphatic rings. The predicted octanol–water partition coefficient (Wildman–Crippen LogP) is 1.75. The topological polar surface area (TPSA) is 113 Å². The number of methoxy groups -OCH3 is 2. The molecule has 0 saturated carbocycles. The highest BCUT2D eigenvalue weighted by Crippen LogP contribution is 2.22. The number of primary sulfonamides is 1. The van der Waals surface area contributed by atoms with E-state index in [1.165, 1.54) is 30.6 Å². The van der Waals surface area contributed by atoms with Gasteiger partial charge in [-0.25, -0.2) is 13.6 Å². The summed E-state index contributed by atoms with van der Waals surface area (Å²) in [7, 11) is -0.772. The van der Waals surface area contributed by atoms with Crippen LogP contribution in [0.25, 0.3) is 10.2 Å². The molecule has 1 amide bonds. The maximum Gasteiger partial charge on any atom is 0.283 e. The van der Waals surface area contributed by atoms with Gasteiger partial charge in [0, 0.05) is 13.7 Å². The number of ether oxygens (including phenoxy) is 2. The molecule has 0 aliphatic carbocycles. The van der Waals surface area contributed by atoms with Crippen molar-refractivity contribution in [3.8, 4) is 5.75 Å². The highest BCUT2D eigenvalue weighted by atomic mass is 32.2. The van der Waals surface area contributed by atoms with E-state index in [1.54, 1.807) is 37.4 Å². The Morgan fingerprint density at radius 3 is 2.64 bits per heavy atom. The van der Waals surface area contributed by atoms with Gasteiger partial charge >= 0.3 is 0 Å². The number of thiazole rings is 1. The lowest BCUT2D eigenvalue weighted by Crippen LogP contribution is -2.19. The van der Waals surface area contributed by atoms with Gasteiger partial charge in [0.05, 0.1) is 34.4 Å².